The smallest absolute Gasteiger partial charge is 0.339 e. The highest BCUT2D eigenvalue weighted by Gasteiger charge is 2.21. The van der Waals surface area contributed by atoms with Crippen molar-refractivity contribution in [1.29, 1.82) is 0 Å². The van der Waals surface area contributed by atoms with Crippen molar-refractivity contribution in [2.75, 3.05) is 0 Å². The van der Waals surface area contributed by atoms with Gasteiger partial charge in [-0.1, -0.05) is 26.2 Å². The van der Waals surface area contributed by atoms with E-state index < -0.39 is 5.97 Å². The lowest BCUT2D eigenvalue weighted by Gasteiger charge is -2.28. The van der Waals surface area contributed by atoms with Crippen LogP contribution in [0.4, 0.5) is 0 Å². The van der Waals surface area contributed by atoms with E-state index in [4.69, 9.17) is 9.52 Å². The summed E-state index contributed by atoms with van der Waals surface area (Å²) in [7, 11) is 0. The number of aryl methyl sites for hydroxylation is 1. The Kier molecular flexibility index (Phi) is 4.64. The Balaban J connectivity index is 1.88. The molecule has 0 spiro atoms. The van der Waals surface area contributed by atoms with Crippen LogP contribution < -0.4 is 5.32 Å². The van der Waals surface area contributed by atoms with E-state index in [-0.39, 0.29) is 5.56 Å². The lowest BCUT2D eigenvalue weighted by Crippen LogP contribution is -2.33. The summed E-state index contributed by atoms with van der Waals surface area (Å²) in [4.78, 5) is 10.9. The maximum atomic E-state index is 10.9. The van der Waals surface area contributed by atoms with Crippen LogP contribution in [-0.2, 0) is 6.54 Å². The molecule has 1 fully saturated rings. The van der Waals surface area contributed by atoms with E-state index in [0.29, 0.717) is 24.1 Å². The van der Waals surface area contributed by atoms with Crippen molar-refractivity contribution in [3.8, 4) is 0 Å². The van der Waals surface area contributed by atoms with Crippen molar-refractivity contribution in [2.45, 2.75) is 58.5 Å². The minimum Gasteiger partial charge on any atom is -0.478 e. The van der Waals surface area contributed by atoms with E-state index >= 15 is 0 Å². The van der Waals surface area contributed by atoms with Crippen LogP contribution in [0.5, 0.6) is 0 Å². The van der Waals surface area contributed by atoms with Gasteiger partial charge < -0.3 is 14.8 Å². The first-order chi connectivity index (χ1) is 9.10. The van der Waals surface area contributed by atoms with Gasteiger partial charge in [-0.15, -0.1) is 0 Å². The van der Waals surface area contributed by atoms with E-state index in [9.17, 15) is 4.79 Å². The molecule has 0 radical (unpaired) electrons. The summed E-state index contributed by atoms with van der Waals surface area (Å²) < 4.78 is 5.48. The third kappa shape index (κ3) is 3.60. The molecule has 2 N–H and O–H groups in total. The standard InChI is InChI=1S/C15H23NO3/c1-3-11-5-4-6-12(7-11)16-9-13-8-14(15(17)18)10(2)19-13/h8,11-12,16H,3-7,9H2,1-2H3,(H,17,18). The predicted octanol–water partition coefficient (Wildman–Crippen LogP) is 3.34. The summed E-state index contributed by atoms with van der Waals surface area (Å²) in [6.07, 6.45) is 6.32. The number of hydrogen-bond acceptors (Lipinski definition) is 3. The summed E-state index contributed by atoms with van der Waals surface area (Å²) in [6, 6.07) is 2.17. The normalized spacial score (nSPS) is 23.5. The highest BCUT2D eigenvalue weighted by atomic mass is 16.4. The van der Waals surface area contributed by atoms with Gasteiger partial charge in [0.1, 0.15) is 17.1 Å². The summed E-state index contributed by atoms with van der Waals surface area (Å²) >= 11 is 0. The van der Waals surface area contributed by atoms with E-state index in [2.05, 4.69) is 12.2 Å². The maximum absolute atomic E-state index is 10.9. The minimum atomic E-state index is -0.920. The second-order valence-electron chi connectivity index (χ2n) is 5.51. The molecule has 2 unspecified atom stereocenters. The van der Waals surface area contributed by atoms with Crippen molar-refractivity contribution < 1.29 is 14.3 Å². The summed E-state index contributed by atoms with van der Waals surface area (Å²) in [6.45, 7) is 4.57. The van der Waals surface area contributed by atoms with Gasteiger partial charge in [0, 0.05) is 6.04 Å². The van der Waals surface area contributed by atoms with Crippen LogP contribution in [0.2, 0.25) is 0 Å². The predicted molar refractivity (Wildman–Crippen MR) is 73.3 cm³/mol. The third-order valence-corrected chi connectivity index (χ3v) is 4.12. The second kappa shape index (κ2) is 6.24. The quantitative estimate of drug-likeness (QED) is 0.857. The topological polar surface area (TPSA) is 62.5 Å². The van der Waals surface area contributed by atoms with E-state index in [1.165, 1.54) is 32.1 Å². The molecule has 1 saturated carbocycles. The molecule has 0 bridgehead atoms. The fourth-order valence-electron chi connectivity index (χ4n) is 2.94. The average molecular weight is 265 g/mol. The van der Waals surface area contributed by atoms with Crippen LogP contribution in [0, 0.1) is 12.8 Å². The molecular formula is C15H23NO3. The van der Waals surface area contributed by atoms with E-state index in [1.54, 1.807) is 13.0 Å². The van der Waals surface area contributed by atoms with Crippen LogP contribution in [0.15, 0.2) is 10.5 Å². The number of carbonyl (C=O) groups is 1. The van der Waals surface area contributed by atoms with Crippen LogP contribution in [-0.4, -0.2) is 17.1 Å². The molecule has 1 aromatic heterocycles. The van der Waals surface area contributed by atoms with Gasteiger partial charge in [0.05, 0.1) is 6.54 Å². The molecule has 4 nitrogen and oxygen atoms in total. The Morgan fingerprint density at radius 1 is 1.53 bits per heavy atom. The molecule has 0 amide bonds. The largest absolute Gasteiger partial charge is 0.478 e. The number of aromatic carboxylic acids is 1. The molecule has 1 aliphatic rings. The van der Waals surface area contributed by atoms with Crippen LogP contribution in [0.1, 0.15) is 60.9 Å². The molecule has 2 rings (SSSR count). The van der Waals surface area contributed by atoms with Crippen LogP contribution in [0.25, 0.3) is 0 Å². The van der Waals surface area contributed by atoms with Gasteiger partial charge >= 0.3 is 5.97 Å². The molecule has 0 aliphatic heterocycles. The van der Waals surface area contributed by atoms with Crippen LogP contribution in [0.3, 0.4) is 0 Å². The van der Waals surface area contributed by atoms with E-state index in [1.807, 2.05) is 0 Å². The molecule has 2 atom stereocenters. The molecule has 106 valence electrons. The summed E-state index contributed by atoms with van der Waals surface area (Å²) in [5, 5.41) is 12.5. The maximum Gasteiger partial charge on any atom is 0.339 e. The first-order valence-electron chi connectivity index (χ1n) is 7.16. The molecule has 0 aromatic carbocycles. The van der Waals surface area contributed by atoms with Crippen molar-refractivity contribution in [2.24, 2.45) is 5.92 Å². The Morgan fingerprint density at radius 3 is 2.95 bits per heavy atom. The third-order valence-electron chi connectivity index (χ3n) is 4.12. The van der Waals surface area contributed by atoms with E-state index in [0.717, 1.165) is 5.92 Å². The fourth-order valence-corrected chi connectivity index (χ4v) is 2.94. The number of nitrogens with one attached hydrogen (secondary N) is 1. The number of carboxylic acid groups (broad SMARTS) is 1. The lowest BCUT2D eigenvalue weighted by atomic mass is 9.84. The monoisotopic (exact) mass is 265 g/mol. The number of rotatable bonds is 5. The fraction of sp³-hybridized carbons (Fsp3) is 0.667. The van der Waals surface area contributed by atoms with Crippen molar-refractivity contribution >= 4 is 5.97 Å². The van der Waals surface area contributed by atoms with Gasteiger partial charge in [-0.05, 0) is 31.7 Å². The molecular weight excluding hydrogens is 242 g/mol. The van der Waals surface area contributed by atoms with Crippen molar-refractivity contribution in [3.05, 3.63) is 23.2 Å². The lowest BCUT2D eigenvalue weighted by molar-refractivity contribution is 0.0695. The van der Waals surface area contributed by atoms with Gasteiger partial charge in [0.2, 0.25) is 0 Å². The molecule has 0 saturated heterocycles. The van der Waals surface area contributed by atoms with Gasteiger partial charge in [-0.3, -0.25) is 0 Å². The zero-order valence-corrected chi connectivity index (χ0v) is 11.7. The first-order valence-corrected chi connectivity index (χ1v) is 7.16. The SMILES string of the molecule is CCC1CCCC(NCc2cc(C(=O)O)c(C)o2)C1. The summed E-state index contributed by atoms with van der Waals surface area (Å²) in [5.74, 6) is 1.11. The number of hydrogen-bond donors (Lipinski definition) is 2. The van der Waals surface area contributed by atoms with Crippen molar-refractivity contribution in [3.63, 3.8) is 0 Å². The van der Waals surface area contributed by atoms with Gasteiger partial charge in [-0.2, -0.15) is 0 Å². The molecule has 1 aliphatic carbocycles. The average Bonchev–Trinajstić information content (AvgIpc) is 2.78. The highest BCUT2D eigenvalue weighted by Crippen LogP contribution is 2.26. The van der Waals surface area contributed by atoms with Gasteiger partial charge in [0.25, 0.3) is 0 Å². The highest BCUT2D eigenvalue weighted by molar-refractivity contribution is 5.88. The Hall–Kier alpha value is -1.29. The first kappa shape index (κ1) is 14.1. The second-order valence-corrected chi connectivity index (χ2v) is 5.51. The number of furan rings is 1. The number of carboxylic acids is 1. The molecule has 1 heterocycles. The Morgan fingerprint density at radius 2 is 2.32 bits per heavy atom. The molecule has 1 aromatic rings. The zero-order chi connectivity index (χ0) is 13.8. The Bertz CT molecular complexity index is 439. The minimum absolute atomic E-state index is 0.270. The van der Waals surface area contributed by atoms with Crippen LogP contribution >= 0.6 is 0 Å². The summed E-state index contributed by atoms with van der Waals surface area (Å²) in [5.41, 5.74) is 0.270. The molecule has 19 heavy (non-hydrogen) atoms. The van der Waals surface area contributed by atoms with Gasteiger partial charge in [-0.25, -0.2) is 4.79 Å². The van der Waals surface area contributed by atoms with Gasteiger partial charge in [0.15, 0.2) is 0 Å². The zero-order valence-electron chi connectivity index (χ0n) is 11.7. The Labute approximate surface area is 114 Å². The molecule has 4 heteroatoms. The van der Waals surface area contributed by atoms with Crippen molar-refractivity contribution in [1.82, 2.24) is 5.32 Å².